The van der Waals surface area contributed by atoms with Crippen molar-refractivity contribution in [1.29, 1.82) is 0 Å². The third-order valence-electron chi connectivity index (χ3n) is 3.54. The van der Waals surface area contributed by atoms with E-state index in [0.29, 0.717) is 17.9 Å². The molecule has 0 saturated heterocycles. The average molecular weight is 252 g/mol. The summed E-state index contributed by atoms with van der Waals surface area (Å²) in [5.74, 6) is -0.131. The molecule has 1 amide bonds. The summed E-state index contributed by atoms with van der Waals surface area (Å²) in [4.78, 5) is 14.2. The number of anilines is 1. The van der Waals surface area contributed by atoms with Crippen LogP contribution in [0.25, 0.3) is 0 Å². The van der Waals surface area contributed by atoms with Gasteiger partial charge in [0.25, 0.3) is 5.91 Å². The summed E-state index contributed by atoms with van der Waals surface area (Å²) in [5, 5.41) is 13.1. The van der Waals surface area contributed by atoms with Gasteiger partial charge in [-0.05, 0) is 12.8 Å². The molecule has 1 saturated carbocycles. The third-order valence-corrected chi connectivity index (χ3v) is 3.54. The molecule has 0 radical (unpaired) electrons. The summed E-state index contributed by atoms with van der Waals surface area (Å²) in [7, 11) is 1.70. The number of rotatable bonds is 4. The molecule has 18 heavy (non-hydrogen) atoms. The van der Waals surface area contributed by atoms with Gasteiger partial charge in [-0.15, -0.1) is 0 Å². The van der Waals surface area contributed by atoms with Crippen LogP contribution in [-0.2, 0) is 7.05 Å². The molecule has 1 aromatic heterocycles. The van der Waals surface area contributed by atoms with Crippen molar-refractivity contribution in [3.05, 3.63) is 11.9 Å². The van der Waals surface area contributed by atoms with Gasteiger partial charge in [0.2, 0.25) is 0 Å². The molecule has 100 valence electrons. The van der Waals surface area contributed by atoms with Crippen molar-refractivity contribution in [3.8, 4) is 0 Å². The fourth-order valence-electron chi connectivity index (χ4n) is 2.63. The van der Waals surface area contributed by atoms with Gasteiger partial charge >= 0.3 is 0 Å². The third kappa shape index (κ3) is 2.33. The van der Waals surface area contributed by atoms with Crippen molar-refractivity contribution >= 4 is 11.6 Å². The molecule has 0 atom stereocenters. The van der Waals surface area contributed by atoms with Crippen LogP contribution in [-0.4, -0.2) is 44.9 Å². The number of amides is 1. The number of hydrogen-bond donors (Lipinski definition) is 2. The highest BCUT2D eigenvalue weighted by molar-refractivity contribution is 5.97. The van der Waals surface area contributed by atoms with Gasteiger partial charge in [-0.3, -0.25) is 9.48 Å². The SMILES string of the molecule is Cn1ncc(N)c1C(=O)N(CCO)C1CCCC1. The van der Waals surface area contributed by atoms with E-state index in [4.69, 9.17) is 10.8 Å². The van der Waals surface area contributed by atoms with Crippen molar-refractivity contribution in [2.24, 2.45) is 7.05 Å². The Morgan fingerprint density at radius 3 is 2.78 bits per heavy atom. The summed E-state index contributed by atoms with van der Waals surface area (Å²) in [5.41, 5.74) is 6.59. The van der Waals surface area contributed by atoms with Crippen LogP contribution < -0.4 is 5.73 Å². The van der Waals surface area contributed by atoms with Crippen molar-refractivity contribution < 1.29 is 9.90 Å². The second-order valence-electron chi connectivity index (χ2n) is 4.73. The lowest BCUT2D eigenvalue weighted by Crippen LogP contribution is -2.41. The first-order valence-corrected chi connectivity index (χ1v) is 6.34. The molecule has 0 unspecified atom stereocenters. The number of aliphatic hydroxyl groups is 1. The lowest BCUT2D eigenvalue weighted by molar-refractivity contribution is 0.0628. The van der Waals surface area contributed by atoms with Gasteiger partial charge in [-0.2, -0.15) is 5.10 Å². The van der Waals surface area contributed by atoms with E-state index < -0.39 is 0 Å². The van der Waals surface area contributed by atoms with Gasteiger partial charge < -0.3 is 15.7 Å². The van der Waals surface area contributed by atoms with Crippen molar-refractivity contribution in [2.75, 3.05) is 18.9 Å². The Hall–Kier alpha value is -1.56. The van der Waals surface area contributed by atoms with Crippen LogP contribution >= 0.6 is 0 Å². The highest BCUT2D eigenvalue weighted by Gasteiger charge is 2.29. The van der Waals surface area contributed by atoms with Crippen molar-refractivity contribution in [3.63, 3.8) is 0 Å². The molecule has 1 aliphatic carbocycles. The zero-order chi connectivity index (χ0) is 13.1. The number of carbonyl (C=O) groups excluding carboxylic acids is 1. The zero-order valence-electron chi connectivity index (χ0n) is 10.7. The second-order valence-corrected chi connectivity index (χ2v) is 4.73. The smallest absolute Gasteiger partial charge is 0.274 e. The van der Waals surface area contributed by atoms with Crippen LogP contribution in [0.2, 0.25) is 0 Å². The first kappa shape index (κ1) is 12.9. The highest BCUT2D eigenvalue weighted by Crippen LogP contribution is 2.25. The topological polar surface area (TPSA) is 84.4 Å². The van der Waals surface area contributed by atoms with Gasteiger partial charge in [0, 0.05) is 19.6 Å². The number of nitrogens with zero attached hydrogens (tertiary/aromatic N) is 3. The number of aliphatic hydroxyl groups excluding tert-OH is 1. The largest absolute Gasteiger partial charge is 0.396 e. The molecule has 0 aliphatic heterocycles. The Bertz CT molecular complexity index is 404. The van der Waals surface area contributed by atoms with Gasteiger partial charge in [0.05, 0.1) is 18.5 Å². The number of carbonyl (C=O) groups is 1. The fourth-order valence-corrected chi connectivity index (χ4v) is 2.63. The van der Waals surface area contributed by atoms with Crippen LogP contribution in [0.1, 0.15) is 36.2 Å². The molecule has 6 nitrogen and oxygen atoms in total. The minimum atomic E-state index is -0.131. The van der Waals surface area contributed by atoms with Crippen LogP contribution in [0.5, 0.6) is 0 Å². The molecule has 0 aromatic carbocycles. The number of aryl methyl sites for hydroxylation is 1. The normalized spacial score (nSPS) is 16.1. The molecule has 1 aromatic rings. The van der Waals surface area contributed by atoms with E-state index in [9.17, 15) is 4.79 Å². The molecular formula is C12H20N4O2. The van der Waals surface area contributed by atoms with E-state index in [1.165, 1.54) is 10.9 Å². The fraction of sp³-hybridized carbons (Fsp3) is 0.667. The molecule has 0 bridgehead atoms. The number of hydrogen-bond acceptors (Lipinski definition) is 4. The minimum Gasteiger partial charge on any atom is -0.396 e. The predicted molar refractivity (Wildman–Crippen MR) is 68.0 cm³/mol. The van der Waals surface area contributed by atoms with Gasteiger partial charge in [0.15, 0.2) is 0 Å². The number of nitrogens with two attached hydrogens (primary N) is 1. The Morgan fingerprint density at radius 1 is 1.61 bits per heavy atom. The Balaban J connectivity index is 2.22. The molecule has 1 aliphatic rings. The van der Waals surface area contributed by atoms with E-state index >= 15 is 0 Å². The maximum Gasteiger partial charge on any atom is 0.274 e. The van der Waals surface area contributed by atoms with E-state index in [2.05, 4.69) is 5.10 Å². The molecule has 6 heteroatoms. The first-order chi connectivity index (χ1) is 8.65. The van der Waals surface area contributed by atoms with Crippen LogP contribution in [0.3, 0.4) is 0 Å². The Labute approximate surface area is 106 Å². The Morgan fingerprint density at radius 2 is 2.28 bits per heavy atom. The Kier molecular flexibility index (Phi) is 3.86. The summed E-state index contributed by atoms with van der Waals surface area (Å²) < 4.78 is 1.50. The second kappa shape index (κ2) is 5.39. The van der Waals surface area contributed by atoms with Crippen LogP contribution in [0.15, 0.2) is 6.20 Å². The summed E-state index contributed by atoms with van der Waals surface area (Å²) in [6, 6.07) is 0.221. The van der Waals surface area contributed by atoms with E-state index in [0.717, 1.165) is 25.7 Å². The van der Waals surface area contributed by atoms with Crippen molar-refractivity contribution in [1.82, 2.24) is 14.7 Å². The molecule has 3 N–H and O–H groups in total. The van der Waals surface area contributed by atoms with Crippen LogP contribution in [0, 0.1) is 0 Å². The summed E-state index contributed by atoms with van der Waals surface area (Å²) in [6.07, 6.45) is 5.77. The molecule has 0 spiro atoms. The monoisotopic (exact) mass is 252 g/mol. The van der Waals surface area contributed by atoms with E-state index in [1.54, 1.807) is 11.9 Å². The quantitative estimate of drug-likeness (QED) is 0.811. The summed E-state index contributed by atoms with van der Waals surface area (Å²) in [6.45, 7) is 0.327. The zero-order valence-corrected chi connectivity index (χ0v) is 10.7. The molecule has 2 rings (SSSR count). The molecular weight excluding hydrogens is 232 g/mol. The van der Waals surface area contributed by atoms with Crippen LogP contribution in [0.4, 0.5) is 5.69 Å². The van der Waals surface area contributed by atoms with Crippen molar-refractivity contribution in [2.45, 2.75) is 31.7 Å². The van der Waals surface area contributed by atoms with Gasteiger partial charge in [-0.25, -0.2) is 0 Å². The first-order valence-electron chi connectivity index (χ1n) is 6.34. The maximum absolute atomic E-state index is 12.5. The van der Waals surface area contributed by atoms with Gasteiger partial charge in [-0.1, -0.05) is 12.8 Å². The number of nitrogen functional groups attached to an aromatic ring is 1. The minimum absolute atomic E-state index is 0.0278. The lowest BCUT2D eigenvalue weighted by atomic mass is 10.2. The average Bonchev–Trinajstić information content (AvgIpc) is 2.96. The van der Waals surface area contributed by atoms with Gasteiger partial charge in [0.1, 0.15) is 5.69 Å². The standard InChI is InChI=1S/C12H20N4O2/c1-15-11(10(13)8-14-15)12(18)16(6-7-17)9-4-2-3-5-9/h8-9,17H,2-7,13H2,1H3. The number of aromatic nitrogens is 2. The predicted octanol–water partition coefficient (Wildman–Crippen LogP) is 0.379. The molecule has 1 fully saturated rings. The summed E-state index contributed by atoms with van der Waals surface area (Å²) >= 11 is 0. The highest BCUT2D eigenvalue weighted by atomic mass is 16.3. The van der Waals surface area contributed by atoms with E-state index in [-0.39, 0.29) is 18.6 Å². The van der Waals surface area contributed by atoms with E-state index in [1.807, 2.05) is 0 Å². The maximum atomic E-state index is 12.5. The lowest BCUT2D eigenvalue weighted by Gasteiger charge is -2.28. The molecule has 1 heterocycles.